The molecule has 1 nitrogen and oxygen atoms in total. The second-order valence-corrected chi connectivity index (χ2v) is 5.52. The number of hydrogen-bond donors (Lipinski definition) is 1. The van der Waals surface area contributed by atoms with Crippen LogP contribution in [0.1, 0.15) is 19.3 Å². The minimum Gasteiger partial charge on any atom is -0.318 e. The lowest BCUT2D eigenvalue weighted by Crippen LogP contribution is -2.42. The van der Waals surface area contributed by atoms with Gasteiger partial charge in [-0.25, -0.2) is 0 Å². The van der Waals surface area contributed by atoms with Crippen molar-refractivity contribution in [1.82, 2.24) is 5.32 Å². The van der Waals surface area contributed by atoms with E-state index in [0.29, 0.717) is 4.75 Å². The summed E-state index contributed by atoms with van der Waals surface area (Å²) in [5.74, 6) is 0. The Morgan fingerprint density at radius 1 is 1.29 bits per heavy atom. The topological polar surface area (TPSA) is 12.0 Å². The van der Waals surface area contributed by atoms with Crippen molar-refractivity contribution in [3.63, 3.8) is 0 Å². The van der Waals surface area contributed by atoms with E-state index >= 15 is 0 Å². The molecule has 1 aliphatic carbocycles. The second-order valence-electron chi connectivity index (χ2n) is 3.98. The van der Waals surface area contributed by atoms with Gasteiger partial charge in [-0.1, -0.05) is 24.6 Å². The molecular weight excluding hydrogens is 190 g/mol. The smallest absolute Gasteiger partial charge is 0.0331 e. The summed E-state index contributed by atoms with van der Waals surface area (Å²) < 4.78 is 0.482. The molecule has 0 saturated heterocycles. The standard InChI is InChI=1S/C12H17NS/c1-13-10-12(8-5-9-12)14-11-6-3-2-4-7-11/h2-4,6-7,13H,5,8-10H2,1H3. The van der Waals surface area contributed by atoms with Crippen molar-refractivity contribution in [2.45, 2.75) is 28.9 Å². The van der Waals surface area contributed by atoms with E-state index in [9.17, 15) is 0 Å². The molecule has 1 N–H and O–H groups in total. The molecule has 2 heteroatoms. The quantitative estimate of drug-likeness (QED) is 0.814. The highest BCUT2D eigenvalue weighted by Gasteiger charge is 2.37. The molecule has 1 saturated carbocycles. The molecule has 2 rings (SSSR count). The SMILES string of the molecule is CNCC1(Sc2ccccc2)CCC1. The van der Waals surface area contributed by atoms with Crippen molar-refractivity contribution < 1.29 is 0 Å². The molecule has 76 valence electrons. The van der Waals surface area contributed by atoms with Crippen LogP contribution in [0.4, 0.5) is 0 Å². The molecule has 0 spiro atoms. The van der Waals surface area contributed by atoms with Gasteiger partial charge in [0.25, 0.3) is 0 Å². The summed E-state index contributed by atoms with van der Waals surface area (Å²) in [5.41, 5.74) is 0. The predicted octanol–water partition coefficient (Wildman–Crippen LogP) is 2.92. The summed E-state index contributed by atoms with van der Waals surface area (Å²) in [4.78, 5) is 1.41. The van der Waals surface area contributed by atoms with Gasteiger partial charge in [0.1, 0.15) is 0 Å². The molecule has 0 aromatic heterocycles. The average molecular weight is 207 g/mol. The zero-order valence-electron chi connectivity index (χ0n) is 8.62. The van der Waals surface area contributed by atoms with Crippen LogP contribution in [0.25, 0.3) is 0 Å². The summed E-state index contributed by atoms with van der Waals surface area (Å²) in [5, 5.41) is 3.31. The highest BCUT2D eigenvalue weighted by Crippen LogP contribution is 2.46. The first kappa shape index (κ1) is 10.1. The van der Waals surface area contributed by atoms with E-state index in [4.69, 9.17) is 0 Å². The number of benzene rings is 1. The van der Waals surface area contributed by atoms with Gasteiger partial charge in [0, 0.05) is 16.2 Å². The maximum absolute atomic E-state index is 3.31. The first-order chi connectivity index (χ1) is 6.85. The van der Waals surface area contributed by atoms with Gasteiger partial charge in [-0.05, 0) is 32.0 Å². The van der Waals surface area contributed by atoms with E-state index in [2.05, 4.69) is 35.6 Å². The van der Waals surface area contributed by atoms with Gasteiger partial charge in [-0.2, -0.15) is 0 Å². The highest BCUT2D eigenvalue weighted by atomic mass is 32.2. The predicted molar refractivity (Wildman–Crippen MR) is 62.8 cm³/mol. The van der Waals surface area contributed by atoms with Gasteiger partial charge in [0.05, 0.1) is 0 Å². The Morgan fingerprint density at radius 3 is 2.50 bits per heavy atom. The highest BCUT2D eigenvalue weighted by molar-refractivity contribution is 8.00. The minimum atomic E-state index is 0.482. The third-order valence-corrected chi connectivity index (χ3v) is 4.33. The molecule has 1 aliphatic rings. The van der Waals surface area contributed by atoms with Crippen molar-refractivity contribution in [1.29, 1.82) is 0 Å². The van der Waals surface area contributed by atoms with Gasteiger partial charge in [0.15, 0.2) is 0 Å². The fourth-order valence-corrected chi connectivity index (χ4v) is 3.45. The lowest BCUT2D eigenvalue weighted by atomic mass is 9.84. The molecule has 14 heavy (non-hydrogen) atoms. The zero-order valence-corrected chi connectivity index (χ0v) is 9.44. The molecular formula is C12H17NS. The van der Waals surface area contributed by atoms with Crippen LogP contribution in [-0.4, -0.2) is 18.3 Å². The number of nitrogens with one attached hydrogen (secondary N) is 1. The molecule has 0 bridgehead atoms. The van der Waals surface area contributed by atoms with Gasteiger partial charge >= 0.3 is 0 Å². The number of hydrogen-bond acceptors (Lipinski definition) is 2. The van der Waals surface area contributed by atoms with Gasteiger partial charge in [-0.3, -0.25) is 0 Å². The third kappa shape index (κ3) is 2.12. The second kappa shape index (κ2) is 4.37. The first-order valence-corrected chi connectivity index (χ1v) is 6.05. The van der Waals surface area contributed by atoms with Gasteiger partial charge < -0.3 is 5.32 Å². The number of thioether (sulfide) groups is 1. The summed E-state index contributed by atoms with van der Waals surface area (Å²) in [6, 6.07) is 10.7. The molecule has 0 radical (unpaired) electrons. The lowest BCUT2D eigenvalue weighted by Gasteiger charge is -2.41. The lowest BCUT2D eigenvalue weighted by molar-refractivity contribution is 0.353. The van der Waals surface area contributed by atoms with E-state index in [1.165, 1.54) is 24.2 Å². The van der Waals surface area contributed by atoms with Crippen molar-refractivity contribution >= 4 is 11.8 Å². The first-order valence-electron chi connectivity index (χ1n) is 5.23. The third-order valence-electron chi connectivity index (χ3n) is 2.84. The van der Waals surface area contributed by atoms with Crippen LogP contribution in [0.3, 0.4) is 0 Å². The molecule has 1 aromatic carbocycles. The summed E-state index contributed by atoms with van der Waals surface area (Å²) in [7, 11) is 2.05. The van der Waals surface area contributed by atoms with E-state index in [1.807, 2.05) is 18.8 Å². The summed E-state index contributed by atoms with van der Waals surface area (Å²) >= 11 is 2.04. The van der Waals surface area contributed by atoms with E-state index in [0.717, 1.165) is 6.54 Å². The molecule has 1 aromatic rings. The van der Waals surface area contributed by atoms with Gasteiger partial charge in [0.2, 0.25) is 0 Å². The summed E-state index contributed by atoms with van der Waals surface area (Å²) in [6.45, 7) is 1.13. The molecule has 0 heterocycles. The van der Waals surface area contributed by atoms with E-state index in [1.54, 1.807) is 0 Å². The van der Waals surface area contributed by atoms with Crippen LogP contribution in [0, 0.1) is 0 Å². The van der Waals surface area contributed by atoms with Crippen molar-refractivity contribution in [3.8, 4) is 0 Å². The normalized spacial score (nSPS) is 18.9. The summed E-state index contributed by atoms with van der Waals surface area (Å²) in [6.07, 6.45) is 4.10. The van der Waals surface area contributed by atoms with E-state index in [-0.39, 0.29) is 0 Å². The maximum Gasteiger partial charge on any atom is 0.0331 e. The Hall–Kier alpha value is -0.470. The van der Waals surface area contributed by atoms with Crippen LogP contribution >= 0.6 is 11.8 Å². The maximum atomic E-state index is 3.31. The fraction of sp³-hybridized carbons (Fsp3) is 0.500. The van der Waals surface area contributed by atoms with Gasteiger partial charge in [-0.15, -0.1) is 11.8 Å². The number of rotatable bonds is 4. The van der Waals surface area contributed by atoms with Crippen LogP contribution in [0.15, 0.2) is 35.2 Å². The van der Waals surface area contributed by atoms with E-state index < -0.39 is 0 Å². The zero-order chi connectivity index (χ0) is 9.86. The van der Waals surface area contributed by atoms with Crippen LogP contribution in [0.5, 0.6) is 0 Å². The molecule has 0 unspecified atom stereocenters. The van der Waals surface area contributed by atoms with Crippen molar-refractivity contribution in [2.24, 2.45) is 0 Å². The Morgan fingerprint density at radius 2 is 2.00 bits per heavy atom. The molecule has 0 amide bonds. The fourth-order valence-electron chi connectivity index (χ4n) is 1.95. The van der Waals surface area contributed by atoms with Crippen LogP contribution in [-0.2, 0) is 0 Å². The Kier molecular flexibility index (Phi) is 3.14. The Balaban J connectivity index is 2.01. The molecule has 0 atom stereocenters. The largest absolute Gasteiger partial charge is 0.318 e. The minimum absolute atomic E-state index is 0.482. The van der Waals surface area contributed by atoms with Crippen molar-refractivity contribution in [3.05, 3.63) is 30.3 Å². The average Bonchev–Trinajstić information content (AvgIpc) is 2.16. The monoisotopic (exact) mass is 207 g/mol. The van der Waals surface area contributed by atoms with Crippen LogP contribution in [0.2, 0.25) is 0 Å². The molecule has 1 fully saturated rings. The Bertz CT molecular complexity index is 280. The van der Waals surface area contributed by atoms with Crippen molar-refractivity contribution in [2.75, 3.05) is 13.6 Å². The molecule has 0 aliphatic heterocycles. The Labute approximate surface area is 90.3 Å². The van der Waals surface area contributed by atoms with Crippen LogP contribution < -0.4 is 5.32 Å².